The van der Waals surface area contributed by atoms with Crippen LogP contribution in [-0.4, -0.2) is 17.2 Å². The molecular formula is C13H6Br2Cl2FNOS2. The summed E-state index contributed by atoms with van der Waals surface area (Å²) in [5.41, 5.74) is 0.107. The fourth-order valence-electron chi connectivity index (χ4n) is 1.55. The molecule has 22 heavy (non-hydrogen) atoms. The van der Waals surface area contributed by atoms with E-state index in [1.807, 2.05) is 0 Å². The third-order valence-corrected chi connectivity index (χ3v) is 7.67. The Kier molecular flexibility index (Phi) is 6.50. The topological polar surface area (TPSA) is 29.4 Å². The molecule has 0 saturated carbocycles. The molecule has 0 atom stereocenters. The number of carbonyl (C=O) groups excluding carboxylic acids is 1. The second-order valence-corrected chi connectivity index (χ2v) is 8.57. The summed E-state index contributed by atoms with van der Waals surface area (Å²) in [6.07, 6.45) is 1.69. The van der Waals surface area contributed by atoms with Gasteiger partial charge in [-0.05, 0) is 50.2 Å². The molecule has 116 valence electrons. The van der Waals surface area contributed by atoms with E-state index in [9.17, 15) is 9.18 Å². The summed E-state index contributed by atoms with van der Waals surface area (Å²) in [4.78, 5) is 16.6. The molecule has 0 radical (unpaired) electrons. The molecule has 1 amide bonds. The molecule has 1 aromatic heterocycles. The molecule has 0 bridgehead atoms. The molecule has 9 heteroatoms. The third kappa shape index (κ3) is 3.76. The molecule has 0 N–H and O–H groups in total. The summed E-state index contributed by atoms with van der Waals surface area (Å²) in [6, 6.07) is 4.30. The molecule has 0 saturated heterocycles. The normalized spacial score (nSPS) is 11.8. The number of thioether (sulfide) groups is 1. The van der Waals surface area contributed by atoms with Crippen LogP contribution in [0.2, 0.25) is 10.0 Å². The van der Waals surface area contributed by atoms with E-state index < -0.39 is 11.7 Å². The van der Waals surface area contributed by atoms with Gasteiger partial charge in [0.15, 0.2) is 0 Å². The fraction of sp³-hybridized carbons (Fsp3) is 0.0769. The van der Waals surface area contributed by atoms with Crippen molar-refractivity contribution in [2.24, 2.45) is 4.99 Å². The summed E-state index contributed by atoms with van der Waals surface area (Å²) >= 11 is 20.9. The molecule has 2 nitrogen and oxygen atoms in total. The van der Waals surface area contributed by atoms with Gasteiger partial charge in [-0.3, -0.25) is 4.79 Å². The molecular weight excluding hydrogens is 500 g/mol. The van der Waals surface area contributed by atoms with E-state index in [-0.39, 0.29) is 25.5 Å². The molecule has 0 spiro atoms. The first-order valence-corrected chi connectivity index (χ1v) is 9.99. The minimum absolute atomic E-state index is 0.107. The van der Waals surface area contributed by atoms with Gasteiger partial charge in [-0.15, -0.1) is 23.1 Å². The summed E-state index contributed by atoms with van der Waals surface area (Å²) in [6.45, 7) is 0. The van der Waals surface area contributed by atoms with Gasteiger partial charge < -0.3 is 0 Å². The molecule has 0 aliphatic carbocycles. The highest BCUT2D eigenvalue weighted by molar-refractivity contribution is 9.13. The SMILES string of the molecule is CS/C(=N\C(=O)c1sc(Br)c(Br)c1Cl)c1c(F)cccc1Cl. The first-order valence-electron chi connectivity index (χ1n) is 5.61. The molecule has 0 unspecified atom stereocenters. The number of halogens is 5. The van der Waals surface area contributed by atoms with Crippen LogP contribution in [0.5, 0.6) is 0 Å². The summed E-state index contributed by atoms with van der Waals surface area (Å²) in [5.74, 6) is -1.09. The number of nitrogens with zero attached hydrogens (tertiary/aromatic N) is 1. The summed E-state index contributed by atoms with van der Waals surface area (Å²) in [7, 11) is 0. The van der Waals surface area contributed by atoms with Crippen LogP contribution in [0.1, 0.15) is 15.2 Å². The second kappa shape index (κ2) is 7.77. The number of amides is 1. The van der Waals surface area contributed by atoms with Crippen LogP contribution in [0.4, 0.5) is 4.39 Å². The minimum Gasteiger partial charge on any atom is -0.266 e. The van der Waals surface area contributed by atoms with E-state index in [0.717, 1.165) is 23.1 Å². The lowest BCUT2D eigenvalue weighted by molar-refractivity contribution is 0.101. The largest absolute Gasteiger partial charge is 0.289 e. The fourth-order valence-corrected chi connectivity index (χ4v) is 4.86. The zero-order chi connectivity index (χ0) is 16.4. The number of hydrogen-bond donors (Lipinski definition) is 0. The van der Waals surface area contributed by atoms with Crippen molar-refractivity contribution < 1.29 is 9.18 Å². The van der Waals surface area contributed by atoms with E-state index >= 15 is 0 Å². The highest BCUT2D eigenvalue weighted by Crippen LogP contribution is 2.41. The van der Waals surface area contributed by atoms with Crippen molar-refractivity contribution >= 4 is 89.1 Å². The van der Waals surface area contributed by atoms with E-state index in [2.05, 4.69) is 36.9 Å². The lowest BCUT2D eigenvalue weighted by Gasteiger charge is -2.06. The first kappa shape index (κ1) is 18.4. The maximum absolute atomic E-state index is 14.0. The highest BCUT2D eigenvalue weighted by atomic mass is 79.9. The van der Waals surface area contributed by atoms with Gasteiger partial charge in [0.1, 0.15) is 15.7 Å². The van der Waals surface area contributed by atoms with Crippen LogP contribution >= 0.6 is 78.2 Å². The van der Waals surface area contributed by atoms with Crippen molar-refractivity contribution in [3.05, 3.63) is 52.8 Å². The predicted octanol–water partition coefficient (Wildman–Crippen LogP) is 6.67. The van der Waals surface area contributed by atoms with Gasteiger partial charge in [0.2, 0.25) is 0 Å². The average molecular weight is 506 g/mol. The minimum atomic E-state index is -0.551. The maximum atomic E-state index is 14.0. The van der Waals surface area contributed by atoms with E-state index in [0.29, 0.717) is 8.26 Å². The van der Waals surface area contributed by atoms with Crippen LogP contribution in [0, 0.1) is 5.82 Å². The summed E-state index contributed by atoms with van der Waals surface area (Å²) < 4.78 is 15.2. The van der Waals surface area contributed by atoms with Crippen molar-refractivity contribution in [1.82, 2.24) is 0 Å². The quantitative estimate of drug-likeness (QED) is 0.337. The Morgan fingerprint density at radius 3 is 2.55 bits per heavy atom. The highest BCUT2D eigenvalue weighted by Gasteiger charge is 2.21. The van der Waals surface area contributed by atoms with Crippen molar-refractivity contribution in [3.63, 3.8) is 0 Å². The van der Waals surface area contributed by atoms with Crippen LogP contribution in [-0.2, 0) is 0 Å². The maximum Gasteiger partial charge on any atom is 0.289 e. The van der Waals surface area contributed by atoms with E-state index in [1.54, 1.807) is 12.3 Å². The van der Waals surface area contributed by atoms with Gasteiger partial charge in [0.25, 0.3) is 5.91 Å². The van der Waals surface area contributed by atoms with Gasteiger partial charge in [-0.25, -0.2) is 9.38 Å². The third-order valence-electron chi connectivity index (χ3n) is 2.52. The number of hydrogen-bond acceptors (Lipinski definition) is 3. The zero-order valence-corrected chi connectivity index (χ0v) is 17.1. The Morgan fingerprint density at radius 1 is 1.36 bits per heavy atom. The Balaban J connectivity index is 2.49. The molecule has 1 aromatic carbocycles. The first-order chi connectivity index (χ1) is 10.4. The number of aliphatic imine (C=N–C) groups is 1. The number of thiophene rings is 1. The van der Waals surface area contributed by atoms with Crippen LogP contribution in [0.15, 0.2) is 31.5 Å². The number of rotatable bonds is 2. The van der Waals surface area contributed by atoms with E-state index in [4.69, 9.17) is 23.2 Å². The van der Waals surface area contributed by atoms with Gasteiger partial charge in [0, 0.05) is 0 Å². The van der Waals surface area contributed by atoms with Crippen molar-refractivity contribution in [2.45, 2.75) is 0 Å². The van der Waals surface area contributed by atoms with Gasteiger partial charge in [0.05, 0.1) is 23.9 Å². The van der Waals surface area contributed by atoms with Gasteiger partial charge >= 0.3 is 0 Å². The van der Waals surface area contributed by atoms with Gasteiger partial charge in [-0.2, -0.15) is 0 Å². The predicted molar refractivity (Wildman–Crippen MR) is 101 cm³/mol. The molecule has 1 heterocycles. The van der Waals surface area contributed by atoms with Crippen LogP contribution < -0.4 is 0 Å². The smallest absolute Gasteiger partial charge is 0.266 e. The van der Waals surface area contributed by atoms with Crippen molar-refractivity contribution in [3.8, 4) is 0 Å². The van der Waals surface area contributed by atoms with Crippen LogP contribution in [0.3, 0.4) is 0 Å². The average Bonchev–Trinajstić information content (AvgIpc) is 2.73. The Hall–Kier alpha value is 0.0800. The monoisotopic (exact) mass is 503 g/mol. The lowest BCUT2D eigenvalue weighted by Crippen LogP contribution is -2.04. The lowest BCUT2D eigenvalue weighted by atomic mass is 10.2. The molecule has 0 aliphatic rings. The Bertz CT molecular complexity index is 759. The standard InChI is InChI=1S/C13H6Br2Cl2FNOS2/c1-21-13(7-5(16)3-2-4-6(7)18)19-12(20)10-9(17)8(14)11(15)22-10/h2-4H,1H3/b19-13-. The molecule has 2 aromatic rings. The van der Waals surface area contributed by atoms with Crippen molar-refractivity contribution in [2.75, 3.05) is 6.26 Å². The molecule has 0 fully saturated rings. The van der Waals surface area contributed by atoms with E-state index in [1.165, 1.54) is 12.1 Å². The van der Waals surface area contributed by atoms with Crippen LogP contribution in [0.25, 0.3) is 0 Å². The molecule has 0 aliphatic heterocycles. The second-order valence-electron chi connectivity index (χ2n) is 3.86. The molecule has 2 rings (SSSR count). The number of benzene rings is 1. The number of carbonyl (C=O) groups is 1. The van der Waals surface area contributed by atoms with Gasteiger partial charge in [-0.1, -0.05) is 29.3 Å². The Labute approximate surface area is 161 Å². The van der Waals surface area contributed by atoms with Crippen molar-refractivity contribution in [1.29, 1.82) is 0 Å². The Morgan fingerprint density at radius 2 is 2.05 bits per heavy atom. The zero-order valence-electron chi connectivity index (χ0n) is 10.8. The summed E-state index contributed by atoms with van der Waals surface area (Å²) in [5, 5.41) is 0.663.